The molecule has 1 aromatic carbocycles. The van der Waals surface area contributed by atoms with Gasteiger partial charge in [0.2, 0.25) is 0 Å². The van der Waals surface area contributed by atoms with Crippen molar-refractivity contribution in [2.24, 2.45) is 0 Å². The molecule has 0 unspecified atom stereocenters. The van der Waals surface area contributed by atoms with E-state index in [1.165, 1.54) is 19.3 Å². The van der Waals surface area contributed by atoms with Gasteiger partial charge >= 0.3 is 51.4 Å². The molecule has 48 valence electrons. The van der Waals surface area contributed by atoms with Gasteiger partial charge in [-0.15, -0.1) is 0 Å². The Bertz CT molecular complexity index is 200. The number of benzene rings is 1. The molecule has 0 bridgehead atoms. The summed E-state index contributed by atoms with van der Waals surface area (Å²) in [6, 6.07) is 8.74. The molecule has 1 aliphatic rings. The minimum Gasteiger partial charge on any atom is -1.00 e. The fourth-order valence-electron chi connectivity index (χ4n) is 1.51. The fraction of sp³-hybridized carbons (Fsp3) is 0.333. The van der Waals surface area contributed by atoms with Crippen molar-refractivity contribution in [3.8, 4) is 0 Å². The average Bonchev–Trinajstić information content (AvgIpc) is 2.33. The molecule has 1 heteroatoms. The van der Waals surface area contributed by atoms with E-state index in [1.54, 1.807) is 11.1 Å². The van der Waals surface area contributed by atoms with Gasteiger partial charge in [0.15, 0.2) is 0 Å². The number of hydrogen-bond acceptors (Lipinski definition) is 0. The van der Waals surface area contributed by atoms with Gasteiger partial charge in [-0.2, -0.15) is 0 Å². The van der Waals surface area contributed by atoms with Crippen molar-refractivity contribution >= 4 is 0 Å². The first kappa shape index (κ1) is 8.95. The summed E-state index contributed by atoms with van der Waals surface area (Å²) in [4.78, 5) is 0. The summed E-state index contributed by atoms with van der Waals surface area (Å²) in [5.41, 5.74) is 3.13. The summed E-state index contributed by atoms with van der Waals surface area (Å²) in [6.07, 6.45) is 3.96. The normalized spacial score (nSPS) is 14.0. The largest absolute Gasteiger partial charge is 1.00 e. The van der Waals surface area contributed by atoms with Gasteiger partial charge in [0, 0.05) is 0 Å². The molecular weight excluding hydrogens is 147 g/mol. The third kappa shape index (κ3) is 1.71. The van der Waals surface area contributed by atoms with E-state index in [1.807, 2.05) is 0 Å². The minimum absolute atomic E-state index is 0. The molecular formula is C9H11K. The molecule has 10 heavy (non-hydrogen) atoms. The standard InChI is InChI=1S/C9H10.K.H/c1-2-5-9-7-3-6-8(9)4-1;;/h1-2,4-5H,3,6-7H2;;/q;+1;-1. The summed E-state index contributed by atoms with van der Waals surface area (Å²) in [5.74, 6) is 0. The van der Waals surface area contributed by atoms with E-state index >= 15 is 0 Å². The molecule has 0 amide bonds. The van der Waals surface area contributed by atoms with Crippen molar-refractivity contribution in [3.63, 3.8) is 0 Å². The van der Waals surface area contributed by atoms with E-state index in [2.05, 4.69) is 24.3 Å². The Balaban J connectivity index is 0.000000500. The van der Waals surface area contributed by atoms with Gasteiger partial charge in [-0.1, -0.05) is 24.3 Å². The molecule has 0 N–H and O–H groups in total. The van der Waals surface area contributed by atoms with Gasteiger partial charge in [0.25, 0.3) is 0 Å². The minimum atomic E-state index is 0. The Labute approximate surface area is 106 Å². The van der Waals surface area contributed by atoms with E-state index < -0.39 is 0 Å². The van der Waals surface area contributed by atoms with Crippen LogP contribution in [0.4, 0.5) is 0 Å². The van der Waals surface area contributed by atoms with Crippen LogP contribution in [0, 0.1) is 0 Å². The smallest absolute Gasteiger partial charge is 1.00 e. The van der Waals surface area contributed by atoms with Crippen LogP contribution in [0.25, 0.3) is 0 Å². The molecule has 0 heterocycles. The van der Waals surface area contributed by atoms with Crippen LogP contribution in [0.2, 0.25) is 0 Å². The monoisotopic (exact) mass is 158 g/mol. The van der Waals surface area contributed by atoms with Gasteiger partial charge in [0.1, 0.15) is 0 Å². The maximum atomic E-state index is 2.24. The van der Waals surface area contributed by atoms with Crippen molar-refractivity contribution in [3.05, 3.63) is 35.4 Å². The molecule has 0 nitrogen and oxygen atoms in total. The molecule has 0 spiro atoms. The van der Waals surface area contributed by atoms with Crippen molar-refractivity contribution in [2.75, 3.05) is 0 Å². The van der Waals surface area contributed by atoms with Gasteiger partial charge < -0.3 is 1.43 Å². The first-order valence-electron chi connectivity index (χ1n) is 3.53. The quantitative estimate of drug-likeness (QED) is 0.438. The molecule has 0 atom stereocenters. The van der Waals surface area contributed by atoms with Gasteiger partial charge in [-0.05, 0) is 30.4 Å². The number of aryl methyl sites for hydroxylation is 2. The molecule has 0 aliphatic heterocycles. The molecule has 0 saturated carbocycles. The topological polar surface area (TPSA) is 0 Å². The van der Waals surface area contributed by atoms with E-state index in [4.69, 9.17) is 0 Å². The maximum absolute atomic E-state index is 2.24. The molecule has 1 aromatic rings. The van der Waals surface area contributed by atoms with E-state index in [9.17, 15) is 0 Å². The summed E-state index contributed by atoms with van der Waals surface area (Å²) < 4.78 is 0. The summed E-state index contributed by atoms with van der Waals surface area (Å²) >= 11 is 0. The first-order valence-corrected chi connectivity index (χ1v) is 3.53. The number of fused-ring (bicyclic) bond motifs is 1. The third-order valence-corrected chi connectivity index (χ3v) is 2.01. The van der Waals surface area contributed by atoms with Gasteiger partial charge in [-0.25, -0.2) is 0 Å². The molecule has 1 aliphatic carbocycles. The summed E-state index contributed by atoms with van der Waals surface area (Å²) in [6.45, 7) is 0. The summed E-state index contributed by atoms with van der Waals surface area (Å²) in [5, 5.41) is 0. The van der Waals surface area contributed by atoms with Gasteiger partial charge in [0.05, 0.1) is 0 Å². The van der Waals surface area contributed by atoms with Crippen molar-refractivity contribution < 1.29 is 52.8 Å². The predicted octanol–water partition coefficient (Wildman–Crippen LogP) is -0.708. The molecule has 0 radical (unpaired) electrons. The first-order chi connectivity index (χ1) is 4.47. The zero-order valence-corrected chi connectivity index (χ0v) is 9.55. The fourth-order valence-corrected chi connectivity index (χ4v) is 1.51. The van der Waals surface area contributed by atoms with Gasteiger partial charge in [-0.3, -0.25) is 0 Å². The van der Waals surface area contributed by atoms with Crippen molar-refractivity contribution in [1.82, 2.24) is 0 Å². The van der Waals surface area contributed by atoms with Crippen LogP contribution in [0.3, 0.4) is 0 Å². The molecule has 0 aromatic heterocycles. The van der Waals surface area contributed by atoms with E-state index in [-0.39, 0.29) is 52.8 Å². The second-order valence-corrected chi connectivity index (χ2v) is 2.62. The Morgan fingerprint density at radius 1 is 1.00 bits per heavy atom. The Hall–Kier alpha value is 0.856. The Morgan fingerprint density at radius 3 is 2.00 bits per heavy atom. The SMILES string of the molecule is [H-].[K+].c1ccc2c(c1)CCC2. The second kappa shape index (κ2) is 4.03. The van der Waals surface area contributed by atoms with Crippen LogP contribution in [-0.4, -0.2) is 0 Å². The number of hydrogen-bond donors (Lipinski definition) is 0. The summed E-state index contributed by atoms with van der Waals surface area (Å²) in [7, 11) is 0. The number of rotatable bonds is 0. The van der Waals surface area contributed by atoms with Crippen LogP contribution < -0.4 is 51.4 Å². The van der Waals surface area contributed by atoms with E-state index in [0.29, 0.717) is 0 Å². The van der Waals surface area contributed by atoms with Crippen molar-refractivity contribution in [1.29, 1.82) is 0 Å². The van der Waals surface area contributed by atoms with Crippen LogP contribution in [0.5, 0.6) is 0 Å². The van der Waals surface area contributed by atoms with Crippen LogP contribution in [-0.2, 0) is 12.8 Å². The van der Waals surface area contributed by atoms with Crippen LogP contribution >= 0.6 is 0 Å². The second-order valence-electron chi connectivity index (χ2n) is 2.62. The maximum Gasteiger partial charge on any atom is 1.00 e. The zero-order valence-electron chi connectivity index (χ0n) is 7.43. The molecule has 0 fully saturated rings. The van der Waals surface area contributed by atoms with E-state index in [0.717, 1.165) is 0 Å². The van der Waals surface area contributed by atoms with Crippen molar-refractivity contribution in [2.45, 2.75) is 19.3 Å². The predicted molar refractivity (Wildman–Crippen MR) is 39.6 cm³/mol. The zero-order chi connectivity index (χ0) is 6.10. The third-order valence-electron chi connectivity index (χ3n) is 2.01. The van der Waals surface area contributed by atoms with Crippen LogP contribution in [0.1, 0.15) is 19.0 Å². The Kier molecular flexibility index (Phi) is 3.60. The Morgan fingerprint density at radius 2 is 1.50 bits per heavy atom. The van der Waals surface area contributed by atoms with Crippen LogP contribution in [0.15, 0.2) is 24.3 Å². The average molecular weight is 158 g/mol. The molecule has 2 rings (SSSR count). The molecule has 0 saturated heterocycles.